The second-order valence-electron chi connectivity index (χ2n) is 5.76. The SMILES string of the molecule is CCCNC(CCN(C)CCC(C)O)c1ccccc1Br. The molecule has 0 spiro atoms. The van der Waals surface area contributed by atoms with Gasteiger partial charge in [-0.3, -0.25) is 0 Å². The van der Waals surface area contributed by atoms with Crippen LogP contribution in [0.4, 0.5) is 0 Å². The van der Waals surface area contributed by atoms with Gasteiger partial charge in [0.25, 0.3) is 0 Å². The van der Waals surface area contributed by atoms with Gasteiger partial charge in [0, 0.05) is 17.1 Å². The first-order valence-corrected chi connectivity index (χ1v) is 8.68. The van der Waals surface area contributed by atoms with Crippen molar-refractivity contribution < 1.29 is 5.11 Å². The van der Waals surface area contributed by atoms with Crippen molar-refractivity contribution in [1.29, 1.82) is 0 Å². The van der Waals surface area contributed by atoms with E-state index in [1.807, 2.05) is 6.92 Å². The summed E-state index contributed by atoms with van der Waals surface area (Å²) in [5, 5.41) is 13.0. The molecule has 3 nitrogen and oxygen atoms in total. The van der Waals surface area contributed by atoms with E-state index < -0.39 is 0 Å². The number of aliphatic hydroxyl groups is 1. The molecular weight excluding hydrogens is 328 g/mol. The lowest BCUT2D eigenvalue weighted by Crippen LogP contribution is -2.29. The molecule has 21 heavy (non-hydrogen) atoms. The van der Waals surface area contributed by atoms with Gasteiger partial charge < -0.3 is 15.3 Å². The Morgan fingerprint density at radius 2 is 1.90 bits per heavy atom. The van der Waals surface area contributed by atoms with Gasteiger partial charge in [0.15, 0.2) is 0 Å². The second kappa shape index (κ2) is 10.3. The van der Waals surface area contributed by atoms with Crippen molar-refractivity contribution >= 4 is 15.9 Å². The lowest BCUT2D eigenvalue weighted by Gasteiger charge is -2.24. The Morgan fingerprint density at radius 1 is 1.24 bits per heavy atom. The quantitative estimate of drug-likeness (QED) is 0.672. The third-order valence-corrected chi connectivity index (χ3v) is 4.37. The fourth-order valence-corrected chi connectivity index (χ4v) is 2.87. The van der Waals surface area contributed by atoms with Gasteiger partial charge >= 0.3 is 0 Å². The van der Waals surface area contributed by atoms with Crippen LogP contribution in [0.3, 0.4) is 0 Å². The highest BCUT2D eigenvalue weighted by molar-refractivity contribution is 9.10. The lowest BCUT2D eigenvalue weighted by atomic mass is 10.0. The average Bonchev–Trinajstić information content (AvgIpc) is 2.46. The highest BCUT2D eigenvalue weighted by atomic mass is 79.9. The first-order chi connectivity index (χ1) is 10.0. The van der Waals surface area contributed by atoms with Gasteiger partial charge in [0.2, 0.25) is 0 Å². The predicted octanol–water partition coefficient (Wildman–Crippen LogP) is 3.58. The molecule has 0 aromatic heterocycles. The van der Waals surface area contributed by atoms with Crippen LogP contribution >= 0.6 is 15.9 Å². The van der Waals surface area contributed by atoms with E-state index >= 15 is 0 Å². The number of hydrogen-bond donors (Lipinski definition) is 2. The van der Waals surface area contributed by atoms with E-state index in [9.17, 15) is 5.11 Å². The van der Waals surface area contributed by atoms with E-state index in [-0.39, 0.29) is 6.10 Å². The van der Waals surface area contributed by atoms with Gasteiger partial charge in [-0.15, -0.1) is 0 Å². The molecule has 2 unspecified atom stereocenters. The van der Waals surface area contributed by atoms with E-state index in [0.29, 0.717) is 6.04 Å². The van der Waals surface area contributed by atoms with E-state index in [2.05, 4.69) is 64.4 Å². The van der Waals surface area contributed by atoms with Crippen LogP contribution < -0.4 is 5.32 Å². The number of nitrogens with one attached hydrogen (secondary N) is 1. The zero-order valence-corrected chi connectivity index (χ0v) is 15.1. The summed E-state index contributed by atoms with van der Waals surface area (Å²) in [4.78, 5) is 2.30. The molecule has 0 bridgehead atoms. The van der Waals surface area contributed by atoms with Crippen molar-refractivity contribution in [2.75, 3.05) is 26.7 Å². The summed E-state index contributed by atoms with van der Waals surface area (Å²) in [5.74, 6) is 0. The van der Waals surface area contributed by atoms with Crippen LogP contribution in [0.25, 0.3) is 0 Å². The normalized spacial score (nSPS) is 14.4. The molecule has 0 fully saturated rings. The molecule has 1 rings (SSSR count). The fraction of sp³-hybridized carbons (Fsp3) is 0.647. The van der Waals surface area contributed by atoms with Crippen LogP contribution in [0, 0.1) is 0 Å². The van der Waals surface area contributed by atoms with Gasteiger partial charge in [-0.05, 0) is 58.0 Å². The summed E-state index contributed by atoms with van der Waals surface area (Å²) < 4.78 is 1.17. The Labute approximate surface area is 137 Å². The average molecular weight is 357 g/mol. The molecule has 0 heterocycles. The van der Waals surface area contributed by atoms with E-state index in [1.165, 1.54) is 10.0 Å². The molecule has 120 valence electrons. The predicted molar refractivity (Wildman–Crippen MR) is 93.6 cm³/mol. The molecular formula is C17H29BrN2O. The minimum atomic E-state index is -0.218. The van der Waals surface area contributed by atoms with Crippen molar-refractivity contribution in [3.63, 3.8) is 0 Å². The number of rotatable bonds is 10. The van der Waals surface area contributed by atoms with E-state index in [4.69, 9.17) is 0 Å². The maximum absolute atomic E-state index is 9.36. The molecule has 0 saturated heterocycles. The molecule has 2 atom stereocenters. The van der Waals surface area contributed by atoms with Crippen LogP contribution in [0.1, 0.15) is 44.7 Å². The summed E-state index contributed by atoms with van der Waals surface area (Å²) >= 11 is 3.66. The van der Waals surface area contributed by atoms with E-state index in [0.717, 1.165) is 38.9 Å². The minimum Gasteiger partial charge on any atom is -0.393 e. The monoisotopic (exact) mass is 356 g/mol. The maximum atomic E-state index is 9.36. The Hall–Kier alpha value is -0.420. The highest BCUT2D eigenvalue weighted by Gasteiger charge is 2.14. The van der Waals surface area contributed by atoms with Crippen molar-refractivity contribution in [3.8, 4) is 0 Å². The molecule has 1 aromatic rings. The Kier molecular flexibility index (Phi) is 9.16. The number of benzene rings is 1. The molecule has 0 radical (unpaired) electrons. The van der Waals surface area contributed by atoms with Crippen LogP contribution in [-0.2, 0) is 0 Å². The summed E-state index contributed by atoms with van der Waals surface area (Å²) in [5.41, 5.74) is 1.33. The van der Waals surface area contributed by atoms with Crippen molar-refractivity contribution in [3.05, 3.63) is 34.3 Å². The topological polar surface area (TPSA) is 35.5 Å². The lowest BCUT2D eigenvalue weighted by molar-refractivity contribution is 0.163. The zero-order chi connectivity index (χ0) is 15.7. The van der Waals surface area contributed by atoms with Crippen molar-refractivity contribution in [1.82, 2.24) is 10.2 Å². The third-order valence-electron chi connectivity index (χ3n) is 3.65. The molecule has 0 aliphatic heterocycles. The fourth-order valence-electron chi connectivity index (χ4n) is 2.31. The van der Waals surface area contributed by atoms with Crippen LogP contribution in [0.15, 0.2) is 28.7 Å². The summed E-state index contributed by atoms with van der Waals surface area (Å²) in [6.07, 6.45) is 2.82. The molecule has 2 N–H and O–H groups in total. The van der Waals surface area contributed by atoms with Crippen LogP contribution in [0.5, 0.6) is 0 Å². The summed E-state index contributed by atoms with van der Waals surface area (Å²) in [6, 6.07) is 8.81. The molecule has 4 heteroatoms. The van der Waals surface area contributed by atoms with Gasteiger partial charge in [-0.2, -0.15) is 0 Å². The van der Waals surface area contributed by atoms with E-state index in [1.54, 1.807) is 0 Å². The number of hydrogen-bond acceptors (Lipinski definition) is 3. The highest BCUT2D eigenvalue weighted by Crippen LogP contribution is 2.25. The van der Waals surface area contributed by atoms with Gasteiger partial charge in [-0.25, -0.2) is 0 Å². The maximum Gasteiger partial charge on any atom is 0.0524 e. The first-order valence-electron chi connectivity index (χ1n) is 7.89. The Morgan fingerprint density at radius 3 is 2.52 bits per heavy atom. The number of nitrogens with zero attached hydrogens (tertiary/aromatic N) is 1. The molecule has 0 saturated carbocycles. The van der Waals surface area contributed by atoms with Crippen LogP contribution in [-0.4, -0.2) is 42.8 Å². The number of aliphatic hydroxyl groups excluding tert-OH is 1. The molecule has 0 aliphatic carbocycles. The molecule has 0 amide bonds. The minimum absolute atomic E-state index is 0.218. The largest absolute Gasteiger partial charge is 0.393 e. The summed E-state index contributed by atoms with van der Waals surface area (Å²) in [6.45, 7) is 7.03. The van der Waals surface area contributed by atoms with Gasteiger partial charge in [-0.1, -0.05) is 41.1 Å². The van der Waals surface area contributed by atoms with Gasteiger partial charge in [0.1, 0.15) is 0 Å². The van der Waals surface area contributed by atoms with Crippen LogP contribution in [0.2, 0.25) is 0 Å². The van der Waals surface area contributed by atoms with Crippen molar-refractivity contribution in [2.24, 2.45) is 0 Å². The van der Waals surface area contributed by atoms with Gasteiger partial charge in [0.05, 0.1) is 6.10 Å². The second-order valence-corrected chi connectivity index (χ2v) is 6.61. The first kappa shape index (κ1) is 18.6. The Bertz CT molecular complexity index is 398. The number of halogens is 1. The smallest absolute Gasteiger partial charge is 0.0524 e. The third kappa shape index (κ3) is 7.41. The van der Waals surface area contributed by atoms with Crippen molar-refractivity contribution in [2.45, 2.75) is 45.3 Å². The Balaban J connectivity index is 2.56. The zero-order valence-electron chi connectivity index (χ0n) is 13.5. The molecule has 1 aromatic carbocycles. The summed E-state index contributed by atoms with van der Waals surface area (Å²) in [7, 11) is 2.12. The standard InChI is InChI=1S/C17H29BrN2O/c1-4-11-19-17(15-7-5-6-8-16(15)18)10-13-20(3)12-9-14(2)21/h5-8,14,17,19,21H,4,9-13H2,1-3H3. The molecule has 0 aliphatic rings.